The van der Waals surface area contributed by atoms with Crippen LogP contribution in [0, 0.1) is 0 Å². The van der Waals surface area contributed by atoms with Gasteiger partial charge in [0.15, 0.2) is 0 Å². The molecule has 1 aliphatic carbocycles. The summed E-state index contributed by atoms with van der Waals surface area (Å²) in [5.41, 5.74) is 0. The van der Waals surface area contributed by atoms with Gasteiger partial charge in [-0.1, -0.05) is 6.08 Å². The van der Waals surface area contributed by atoms with Gasteiger partial charge in [0, 0.05) is 12.6 Å². The van der Waals surface area contributed by atoms with Crippen LogP contribution in [0.4, 0.5) is 0 Å². The van der Waals surface area contributed by atoms with Crippen molar-refractivity contribution < 1.29 is 13.2 Å². The predicted molar refractivity (Wildman–Crippen MR) is 57.8 cm³/mol. The average molecular weight is 232 g/mol. The van der Waals surface area contributed by atoms with Crippen molar-refractivity contribution in [1.29, 1.82) is 0 Å². The number of nitrogens with one attached hydrogen (secondary N) is 1. The third-order valence-electron chi connectivity index (χ3n) is 2.12. The summed E-state index contributed by atoms with van der Waals surface area (Å²) in [6, 6.07) is 0.0227. The molecule has 0 radical (unpaired) electrons. The van der Waals surface area contributed by atoms with Crippen LogP contribution in [0.15, 0.2) is 12.7 Å². The Labute approximate surface area is 90.2 Å². The molecule has 15 heavy (non-hydrogen) atoms. The lowest BCUT2D eigenvalue weighted by atomic mass is 10.5. The van der Waals surface area contributed by atoms with Crippen molar-refractivity contribution in [2.24, 2.45) is 0 Å². The molecule has 5 nitrogen and oxygen atoms in total. The van der Waals surface area contributed by atoms with Crippen LogP contribution in [-0.2, 0) is 14.8 Å². The Morgan fingerprint density at radius 3 is 2.60 bits per heavy atom. The normalized spacial score (nSPS) is 16.4. The highest BCUT2D eigenvalue weighted by Gasteiger charge is 2.35. The summed E-state index contributed by atoms with van der Waals surface area (Å²) in [7, 11) is -3.28. The molecular weight excluding hydrogens is 216 g/mol. The lowest BCUT2D eigenvalue weighted by Gasteiger charge is -2.18. The molecule has 1 saturated carbocycles. The number of nitrogens with zero attached hydrogens (tertiary/aromatic N) is 1. The van der Waals surface area contributed by atoms with Gasteiger partial charge >= 0.3 is 0 Å². The van der Waals surface area contributed by atoms with Crippen LogP contribution < -0.4 is 5.32 Å². The molecule has 0 aromatic heterocycles. The van der Waals surface area contributed by atoms with Crippen LogP contribution in [0.25, 0.3) is 0 Å². The minimum absolute atomic E-state index is 0.0227. The first-order valence-corrected chi connectivity index (χ1v) is 6.64. The molecule has 1 rings (SSSR count). The number of carbonyl (C=O) groups is 1. The van der Waals surface area contributed by atoms with Crippen molar-refractivity contribution >= 4 is 15.9 Å². The van der Waals surface area contributed by atoms with E-state index in [-0.39, 0.29) is 18.5 Å². The van der Waals surface area contributed by atoms with Crippen molar-refractivity contribution in [3.8, 4) is 0 Å². The van der Waals surface area contributed by atoms with Crippen molar-refractivity contribution in [3.05, 3.63) is 12.7 Å². The topological polar surface area (TPSA) is 66.5 Å². The van der Waals surface area contributed by atoms with Gasteiger partial charge in [0.25, 0.3) is 0 Å². The highest BCUT2D eigenvalue weighted by Crippen LogP contribution is 2.28. The third kappa shape index (κ3) is 4.01. The van der Waals surface area contributed by atoms with Crippen LogP contribution >= 0.6 is 0 Å². The van der Waals surface area contributed by atoms with Crippen LogP contribution in [0.5, 0.6) is 0 Å². The van der Waals surface area contributed by atoms with Gasteiger partial charge in [-0.25, -0.2) is 8.42 Å². The van der Waals surface area contributed by atoms with Gasteiger partial charge in [-0.3, -0.25) is 4.79 Å². The van der Waals surface area contributed by atoms with E-state index in [1.807, 2.05) is 0 Å². The van der Waals surface area contributed by atoms with Gasteiger partial charge in [0.2, 0.25) is 15.9 Å². The maximum Gasteiger partial charge on any atom is 0.235 e. The molecule has 0 aromatic rings. The van der Waals surface area contributed by atoms with Gasteiger partial charge in [-0.15, -0.1) is 6.58 Å². The summed E-state index contributed by atoms with van der Waals surface area (Å²) in [6.07, 6.45) is 4.38. The van der Waals surface area contributed by atoms with E-state index in [4.69, 9.17) is 0 Å². The van der Waals surface area contributed by atoms with Crippen LogP contribution in [0.2, 0.25) is 0 Å². The molecule has 1 fully saturated rings. The number of rotatable bonds is 6. The summed E-state index contributed by atoms with van der Waals surface area (Å²) in [6.45, 7) is 3.74. The first-order chi connectivity index (χ1) is 6.95. The zero-order chi connectivity index (χ0) is 11.5. The lowest BCUT2D eigenvalue weighted by molar-refractivity contribution is -0.121. The molecule has 1 N–H and O–H groups in total. The lowest BCUT2D eigenvalue weighted by Crippen LogP contribution is -2.41. The van der Waals surface area contributed by atoms with E-state index in [0.717, 1.165) is 19.1 Å². The molecule has 0 saturated heterocycles. The smallest absolute Gasteiger partial charge is 0.235 e. The molecule has 0 heterocycles. The second-order valence-corrected chi connectivity index (χ2v) is 5.57. The fourth-order valence-corrected chi connectivity index (χ4v) is 2.37. The minimum atomic E-state index is -3.28. The van der Waals surface area contributed by atoms with E-state index >= 15 is 0 Å². The third-order valence-corrected chi connectivity index (χ3v) is 3.40. The predicted octanol–water partition coefficient (Wildman–Crippen LogP) is -0.287. The summed E-state index contributed by atoms with van der Waals surface area (Å²) in [4.78, 5) is 11.3. The van der Waals surface area contributed by atoms with E-state index in [1.165, 1.54) is 4.31 Å². The largest absolute Gasteiger partial charge is 0.351 e. The molecule has 1 amide bonds. The first-order valence-electron chi connectivity index (χ1n) is 4.79. The Hall–Kier alpha value is -0.880. The van der Waals surface area contributed by atoms with Gasteiger partial charge in [-0.05, 0) is 12.8 Å². The minimum Gasteiger partial charge on any atom is -0.351 e. The fraction of sp³-hybridized carbons (Fsp3) is 0.667. The van der Waals surface area contributed by atoms with E-state index < -0.39 is 10.0 Å². The van der Waals surface area contributed by atoms with Gasteiger partial charge in [0.1, 0.15) is 0 Å². The van der Waals surface area contributed by atoms with Crippen molar-refractivity contribution in [2.45, 2.75) is 18.9 Å². The molecule has 0 aliphatic heterocycles. The van der Waals surface area contributed by atoms with Crippen molar-refractivity contribution in [2.75, 3.05) is 19.3 Å². The van der Waals surface area contributed by atoms with E-state index in [0.29, 0.717) is 6.54 Å². The maximum atomic E-state index is 11.3. The number of carbonyl (C=O) groups excluding carboxylic acids is 1. The highest BCUT2D eigenvalue weighted by atomic mass is 32.2. The number of hydrogen-bond donors (Lipinski definition) is 1. The SMILES string of the molecule is C=CCNC(=O)CN(C1CC1)S(C)(=O)=O. The molecule has 0 unspecified atom stereocenters. The molecule has 1 aliphatic rings. The molecule has 0 atom stereocenters. The van der Waals surface area contributed by atoms with Gasteiger partial charge in [0.05, 0.1) is 12.8 Å². The maximum absolute atomic E-state index is 11.3. The summed E-state index contributed by atoms with van der Waals surface area (Å²) in [5, 5.41) is 2.55. The van der Waals surface area contributed by atoms with Crippen molar-refractivity contribution in [1.82, 2.24) is 9.62 Å². The van der Waals surface area contributed by atoms with Crippen LogP contribution in [-0.4, -0.2) is 44.0 Å². The number of amides is 1. The van der Waals surface area contributed by atoms with Crippen LogP contribution in [0.3, 0.4) is 0 Å². The van der Waals surface area contributed by atoms with E-state index in [2.05, 4.69) is 11.9 Å². The van der Waals surface area contributed by atoms with Crippen LogP contribution in [0.1, 0.15) is 12.8 Å². The zero-order valence-electron chi connectivity index (χ0n) is 8.77. The second kappa shape index (κ2) is 4.76. The van der Waals surface area contributed by atoms with E-state index in [1.54, 1.807) is 6.08 Å². The second-order valence-electron chi connectivity index (χ2n) is 3.63. The first kappa shape index (κ1) is 12.2. The highest BCUT2D eigenvalue weighted by molar-refractivity contribution is 7.88. The zero-order valence-corrected chi connectivity index (χ0v) is 9.59. The summed E-state index contributed by atoms with van der Waals surface area (Å²) < 4.78 is 24.0. The Morgan fingerprint density at radius 1 is 1.60 bits per heavy atom. The molecular formula is C9H16N2O3S. The quantitative estimate of drug-likeness (QED) is 0.640. The number of hydrogen-bond acceptors (Lipinski definition) is 3. The molecule has 6 heteroatoms. The molecule has 0 spiro atoms. The molecule has 0 aromatic carbocycles. The molecule has 0 bridgehead atoms. The summed E-state index contributed by atoms with van der Waals surface area (Å²) in [5.74, 6) is -0.285. The fourth-order valence-electron chi connectivity index (χ4n) is 1.26. The monoisotopic (exact) mass is 232 g/mol. The Kier molecular flexibility index (Phi) is 3.87. The summed E-state index contributed by atoms with van der Waals surface area (Å²) >= 11 is 0. The average Bonchev–Trinajstić information content (AvgIpc) is 2.92. The Bertz CT molecular complexity index is 346. The Morgan fingerprint density at radius 2 is 2.20 bits per heavy atom. The van der Waals surface area contributed by atoms with Gasteiger partial charge in [-0.2, -0.15) is 4.31 Å². The molecule has 86 valence electrons. The van der Waals surface area contributed by atoms with Crippen molar-refractivity contribution in [3.63, 3.8) is 0 Å². The van der Waals surface area contributed by atoms with Gasteiger partial charge < -0.3 is 5.32 Å². The standard InChI is InChI=1S/C9H16N2O3S/c1-3-6-10-9(12)7-11(8-4-5-8)15(2,13)14/h3,8H,1,4-7H2,2H3,(H,10,12). The number of sulfonamides is 1. The Balaban J connectivity index is 2.52. The van der Waals surface area contributed by atoms with E-state index in [9.17, 15) is 13.2 Å².